The van der Waals surface area contributed by atoms with Crippen LogP contribution < -0.4 is 0 Å². The first-order chi connectivity index (χ1) is 10.2. The number of rotatable bonds is 3. The molecule has 0 saturated heterocycles. The first-order valence-electron chi connectivity index (χ1n) is 6.26. The number of aliphatic hydroxyl groups excluding tert-OH is 1. The lowest BCUT2D eigenvalue weighted by Crippen LogP contribution is -2.00. The molecular weight excluding hydrogens is 293 g/mol. The van der Waals surface area contributed by atoms with E-state index >= 15 is 0 Å². The summed E-state index contributed by atoms with van der Waals surface area (Å²) in [5.41, 5.74) is 2.27. The Labute approximate surface area is 125 Å². The van der Waals surface area contributed by atoms with E-state index in [0.29, 0.717) is 22.1 Å². The Hall–Kier alpha value is -2.24. The third-order valence-corrected chi connectivity index (χ3v) is 3.28. The quantitative estimate of drug-likeness (QED) is 0.808. The van der Waals surface area contributed by atoms with E-state index in [-0.39, 0.29) is 12.4 Å². The van der Waals surface area contributed by atoms with E-state index in [4.69, 9.17) is 11.6 Å². The third kappa shape index (κ3) is 2.66. The molecule has 0 radical (unpaired) electrons. The third-order valence-electron chi connectivity index (χ3n) is 3.04. The number of hydrogen-bond acceptors (Lipinski definition) is 3. The lowest BCUT2D eigenvalue weighted by molar-refractivity contribution is 0.277. The number of aromatic nitrogens is 3. The largest absolute Gasteiger partial charge is 0.390 e. The molecule has 3 aromatic rings. The Balaban J connectivity index is 2.21. The molecule has 6 heteroatoms. The van der Waals surface area contributed by atoms with Crippen LogP contribution in [0.5, 0.6) is 0 Å². The average molecular weight is 304 g/mol. The maximum absolute atomic E-state index is 13.4. The normalized spacial score (nSPS) is 10.8. The second-order valence-electron chi connectivity index (χ2n) is 4.44. The van der Waals surface area contributed by atoms with Gasteiger partial charge in [-0.15, -0.1) is 5.10 Å². The second-order valence-corrected chi connectivity index (χ2v) is 4.88. The van der Waals surface area contributed by atoms with E-state index in [9.17, 15) is 9.50 Å². The molecule has 1 heterocycles. The molecule has 3 rings (SSSR count). The monoisotopic (exact) mass is 303 g/mol. The number of halogens is 2. The van der Waals surface area contributed by atoms with Crippen LogP contribution in [0.4, 0.5) is 4.39 Å². The van der Waals surface area contributed by atoms with Crippen molar-refractivity contribution in [2.24, 2.45) is 0 Å². The first-order valence-corrected chi connectivity index (χ1v) is 6.64. The van der Waals surface area contributed by atoms with Gasteiger partial charge >= 0.3 is 0 Å². The summed E-state index contributed by atoms with van der Waals surface area (Å²) in [6.45, 7) is -0.267. The van der Waals surface area contributed by atoms with Crippen LogP contribution >= 0.6 is 11.6 Å². The van der Waals surface area contributed by atoms with Gasteiger partial charge in [-0.3, -0.25) is 0 Å². The van der Waals surface area contributed by atoms with Crippen LogP contribution in [0.25, 0.3) is 16.9 Å². The van der Waals surface area contributed by atoms with Crippen molar-refractivity contribution < 1.29 is 9.50 Å². The maximum Gasteiger partial charge on any atom is 0.125 e. The average Bonchev–Trinajstić information content (AvgIpc) is 2.91. The van der Waals surface area contributed by atoms with Gasteiger partial charge in [-0.2, -0.15) is 0 Å². The van der Waals surface area contributed by atoms with E-state index in [1.165, 1.54) is 16.8 Å². The van der Waals surface area contributed by atoms with Crippen molar-refractivity contribution in [3.8, 4) is 16.9 Å². The van der Waals surface area contributed by atoms with Crippen molar-refractivity contribution in [3.05, 3.63) is 65.1 Å². The van der Waals surface area contributed by atoms with Crippen LogP contribution in [0.15, 0.2) is 48.5 Å². The van der Waals surface area contributed by atoms with Crippen molar-refractivity contribution in [1.29, 1.82) is 0 Å². The Morgan fingerprint density at radius 2 is 1.95 bits per heavy atom. The number of nitrogens with zero attached hydrogens (tertiary/aromatic N) is 3. The van der Waals surface area contributed by atoms with Crippen molar-refractivity contribution in [3.63, 3.8) is 0 Å². The van der Waals surface area contributed by atoms with E-state index in [2.05, 4.69) is 10.3 Å². The predicted octanol–water partition coefficient (Wildman–Crippen LogP) is 3.22. The fraction of sp³-hybridized carbons (Fsp3) is 0.0667. The standard InChI is InChI=1S/C15H11ClFN3O/c16-11-4-1-3-10(7-11)15-14(9-21)18-19-20(15)13-6-2-5-12(17)8-13/h1-8,21H,9H2. The highest BCUT2D eigenvalue weighted by Gasteiger charge is 2.16. The van der Waals surface area contributed by atoms with Gasteiger partial charge < -0.3 is 5.11 Å². The summed E-state index contributed by atoms with van der Waals surface area (Å²) in [6, 6.07) is 13.1. The number of benzene rings is 2. The number of hydrogen-bond donors (Lipinski definition) is 1. The predicted molar refractivity (Wildman–Crippen MR) is 77.7 cm³/mol. The summed E-state index contributed by atoms with van der Waals surface area (Å²) in [5.74, 6) is -0.370. The van der Waals surface area contributed by atoms with Gasteiger partial charge in [-0.25, -0.2) is 9.07 Å². The summed E-state index contributed by atoms with van der Waals surface area (Å²) in [6.07, 6.45) is 0. The lowest BCUT2D eigenvalue weighted by atomic mass is 10.1. The van der Waals surface area contributed by atoms with Gasteiger partial charge in [0.25, 0.3) is 0 Å². The van der Waals surface area contributed by atoms with E-state index in [1.807, 2.05) is 6.07 Å². The van der Waals surface area contributed by atoms with Crippen LogP contribution in [0.1, 0.15) is 5.69 Å². The molecule has 0 saturated carbocycles. The SMILES string of the molecule is OCc1nnn(-c2cccc(F)c2)c1-c1cccc(Cl)c1. The van der Waals surface area contributed by atoms with Gasteiger partial charge in [0.1, 0.15) is 17.2 Å². The lowest BCUT2D eigenvalue weighted by Gasteiger charge is -2.08. The van der Waals surface area contributed by atoms with Crippen LogP contribution in [0, 0.1) is 5.82 Å². The minimum Gasteiger partial charge on any atom is -0.390 e. The van der Waals surface area contributed by atoms with Crippen LogP contribution in [0.2, 0.25) is 5.02 Å². The molecule has 0 amide bonds. The van der Waals surface area contributed by atoms with Gasteiger partial charge in [-0.1, -0.05) is 35.0 Å². The fourth-order valence-corrected chi connectivity index (χ4v) is 2.32. The van der Waals surface area contributed by atoms with Gasteiger partial charge in [0.05, 0.1) is 12.3 Å². The Kier molecular flexibility index (Phi) is 3.68. The van der Waals surface area contributed by atoms with Gasteiger partial charge in [0.2, 0.25) is 0 Å². The van der Waals surface area contributed by atoms with Gasteiger partial charge in [0, 0.05) is 10.6 Å². The molecule has 0 atom stereocenters. The highest BCUT2D eigenvalue weighted by Crippen LogP contribution is 2.27. The molecule has 106 valence electrons. The van der Waals surface area contributed by atoms with Crippen LogP contribution in [-0.2, 0) is 6.61 Å². The summed E-state index contributed by atoms with van der Waals surface area (Å²) < 4.78 is 14.9. The Morgan fingerprint density at radius 1 is 1.14 bits per heavy atom. The molecule has 0 aliphatic rings. The summed E-state index contributed by atoms with van der Waals surface area (Å²) >= 11 is 6.01. The summed E-state index contributed by atoms with van der Waals surface area (Å²) in [7, 11) is 0. The van der Waals surface area contributed by atoms with E-state index < -0.39 is 0 Å². The molecule has 4 nitrogen and oxygen atoms in total. The highest BCUT2D eigenvalue weighted by molar-refractivity contribution is 6.30. The van der Waals surface area contributed by atoms with Gasteiger partial charge in [-0.05, 0) is 30.3 Å². The zero-order chi connectivity index (χ0) is 14.8. The van der Waals surface area contributed by atoms with Crippen molar-refractivity contribution >= 4 is 11.6 Å². The van der Waals surface area contributed by atoms with Crippen molar-refractivity contribution in [1.82, 2.24) is 15.0 Å². The molecule has 0 unspecified atom stereocenters. The van der Waals surface area contributed by atoms with Crippen LogP contribution in [-0.4, -0.2) is 20.1 Å². The smallest absolute Gasteiger partial charge is 0.125 e. The van der Waals surface area contributed by atoms with Crippen LogP contribution in [0.3, 0.4) is 0 Å². The highest BCUT2D eigenvalue weighted by atomic mass is 35.5. The molecule has 0 spiro atoms. The summed E-state index contributed by atoms with van der Waals surface area (Å²) in [4.78, 5) is 0. The molecule has 1 N–H and O–H groups in total. The molecule has 0 aliphatic carbocycles. The number of aliphatic hydroxyl groups is 1. The topological polar surface area (TPSA) is 50.9 Å². The fourth-order valence-electron chi connectivity index (χ4n) is 2.13. The maximum atomic E-state index is 13.4. The second kappa shape index (κ2) is 5.63. The van der Waals surface area contributed by atoms with Gasteiger partial charge in [0.15, 0.2) is 0 Å². The Bertz CT molecular complexity index is 788. The zero-order valence-electron chi connectivity index (χ0n) is 10.9. The molecule has 21 heavy (non-hydrogen) atoms. The molecular formula is C15H11ClFN3O. The molecule has 1 aromatic heterocycles. The zero-order valence-corrected chi connectivity index (χ0v) is 11.6. The molecule has 0 bridgehead atoms. The minimum atomic E-state index is -0.370. The Morgan fingerprint density at radius 3 is 2.67 bits per heavy atom. The van der Waals surface area contributed by atoms with Crippen molar-refractivity contribution in [2.45, 2.75) is 6.61 Å². The summed E-state index contributed by atoms with van der Waals surface area (Å²) in [5, 5.41) is 17.9. The first kappa shape index (κ1) is 13.7. The van der Waals surface area contributed by atoms with Crippen molar-refractivity contribution in [2.75, 3.05) is 0 Å². The molecule has 0 aliphatic heterocycles. The molecule has 0 fully saturated rings. The van der Waals surface area contributed by atoms with E-state index in [1.54, 1.807) is 30.3 Å². The van der Waals surface area contributed by atoms with E-state index in [0.717, 1.165) is 5.56 Å². The minimum absolute atomic E-state index is 0.267. The molecule has 2 aromatic carbocycles.